The zero-order valence-electron chi connectivity index (χ0n) is 10.00. The highest BCUT2D eigenvalue weighted by atomic mass is 79.9. The van der Waals surface area contributed by atoms with Gasteiger partial charge in [-0.3, -0.25) is 0 Å². The Balaban J connectivity index is 1.96. The van der Waals surface area contributed by atoms with Crippen LogP contribution in [0.25, 0.3) is 0 Å². The predicted octanol–water partition coefficient (Wildman–Crippen LogP) is 2.77. The number of hydrogen-bond donors (Lipinski definition) is 0. The van der Waals surface area contributed by atoms with Gasteiger partial charge in [0.15, 0.2) is 0 Å². The van der Waals surface area contributed by atoms with Gasteiger partial charge in [0, 0.05) is 16.9 Å². The number of nitrogens with zero attached hydrogens (tertiary/aromatic N) is 1. The van der Waals surface area contributed by atoms with E-state index in [-0.39, 0.29) is 12.1 Å². The summed E-state index contributed by atoms with van der Waals surface area (Å²) in [7, 11) is -3.31. The number of sulfonamides is 1. The molecule has 5 heteroatoms. The number of rotatable bonds is 2. The number of benzene rings is 1. The lowest BCUT2D eigenvalue weighted by molar-refractivity contribution is 0.255. The smallest absolute Gasteiger partial charge is 0.207 e. The molecule has 0 spiro atoms. The lowest BCUT2D eigenvalue weighted by atomic mass is 10.1. The number of piperidine rings is 1. The van der Waals surface area contributed by atoms with Gasteiger partial charge in [-0.25, -0.2) is 8.42 Å². The molecule has 0 amide bonds. The second-order valence-corrected chi connectivity index (χ2v) is 8.24. The fourth-order valence-corrected chi connectivity index (χ4v) is 5.95. The molecule has 0 aliphatic carbocycles. The molecule has 2 aliphatic rings. The first kappa shape index (κ1) is 12.6. The molecule has 2 bridgehead atoms. The van der Waals surface area contributed by atoms with Crippen molar-refractivity contribution in [1.82, 2.24) is 4.31 Å². The summed E-state index contributed by atoms with van der Waals surface area (Å²) in [5.41, 5.74) is 0. The van der Waals surface area contributed by atoms with Crippen molar-refractivity contribution in [2.24, 2.45) is 0 Å². The molecular weight excluding hydrogens is 314 g/mol. The maximum Gasteiger partial charge on any atom is 0.243 e. The van der Waals surface area contributed by atoms with Gasteiger partial charge in [-0.15, -0.1) is 0 Å². The number of alkyl halides is 1. The summed E-state index contributed by atoms with van der Waals surface area (Å²) in [5.74, 6) is 0. The molecule has 18 heavy (non-hydrogen) atoms. The van der Waals surface area contributed by atoms with Gasteiger partial charge in [-0.2, -0.15) is 4.31 Å². The zero-order valence-corrected chi connectivity index (χ0v) is 12.4. The third-order valence-corrected chi connectivity index (χ3v) is 6.69. The van der Waals surface area contributed by atoms with E-state index in [0.29, 0.717) is 9.72 Å². The van der Waals surface area contributed by atoms with Crippen LogP contribution < -0.4 is 0 Å². The van der Waals surface area contributed by atoms with Crippen LogP contribution in [0.1, 0.15) is 25.7 Å². The van der Waals surface area contributed by atoms with E-state index in [4.69, 9.17) is 0 Å². The zero-order chi connectivity index (χ0) is 12.8. The Kier molecular flexibility index (Phi) is 3.24. The van der Waals surface area contributed by atoms with Gasteiger partial charge in [-0.05, 0) is 37.8 Å². The average Bonchev–Trinajstić information content (AvgIpc) is 2.64. The second kappa shape index (κ2) is 4.62. The van der Waals surface area contributed by atoms with Crippen molar-refractivity contribution in [2.75, 3.05) is 0 Å². The van der Waals surface area contributed by atoms with Crippen LogP contribution >= 0.6 is 15.9 Å². The molecule has 2 aliphatic heterocycles. The Morgan fingerprint density at radius 3 is 2.17 bits per heavy atom. The fraction of sp³-hybridized carbons (Fsp3) is 0.538. The molecule has 2 atom stereocenters. The van der Waals surface area contributed by atoms with E-state index in [2.05, 4.69) is 15.9 Å². The van der Waals surface area contributed by atoms with E-state index in [9.17, 15) is 8.42 Å². The molecular formula is C13H16BrNO2S. The molecule has 1 aromatic carbocycles. The molecule has 3 rings (SSSR count). The van der Waals surface area contributed by atoms with Gasteiger partial charge < -0.3 is 0 Å². The molecule has 2 saturated heterocycles. The maximum atomic E-state index is 12.7. The van der Waals surface area contributed by atoms with E-state index in [0.717, 1.165) is 25.7 Å². The molecule has 0 radical (unpaired) electrons. The minimum absolute atomic E-state index is 0.179. The van der Waals surface area contributed by atoms with E-state index in [1.807, 2.05) is 6.07 Å². The normalized spacial score (nSPS) is 32.6. The Morgan fingerprint density at radius 1 is 1.06 bits per heavy atom. The van der Waals surface area contributed by atoms with Crippen molar-refractivity contribution < 1.29 is 8.42 Å². The molecule has 0 aromatic heterocycles. The second-order valence-electron chi connectivity index (χ2n) is 5.10. The summed E-state index contributed by atoms with van der Waals surface area (Å²) >= 11 is 3.64. The molecule has 0 saturated carbocycles. The van der Waals surface area contributed by atoms with Crippen LogP contribution in [0.15, 0.2) is 35.2 Å². The lowest BCUT2D eigenvalue weighted by Gasteiger charge is -2.36. The van der Waals surface area contributed by atoms with E-state index in [1.54, 1.807) is 28.6 Å². The van der Waals surface area contributed by atoms with Gasteiger partial charge in [-0.1, -0.05) is 34.1 Å². The Hall–Kier alpha value is -0.390. The summed E-state index contributed by atoms with van der Waals surface area (Å²) in [6.07, 6.45) is 3.86. The summed E-state index contributed by atoms with van der Waals surface area (Å²) in [5, 5.41) is 0. The first-order chi connectivity index (χ1) is 8.59. The van der Waals surface area contributed by atoms with Crippen LogP contribution in [-0.4, -0.2) is 29.6 Å². The Bertz CT molecular complexity index is 517. The molecule has 2 heterocycles. The van der Waals surface area contributed by atoms with Crippen molar-refractivity contribution >= 4 is 26.0 Å². The molecule has 0 N–H and O–H groups in total. The third-order valence-electron chi connectivity index (χ3n) is 3.93. The van der Waals surface area contributed by atoms with E-state index in [1.165, 1.54) is 0 Å². The lowest BCUT2D eigenvalue weighted by Crippen LogP contribution is -2.46. The van der Waals surface area contributed by atoms with Gasteiger partial charge in [0.2, 0.25) is 10.0 Å². The summed E-state index contributed by atoms with van der Waals surface area (Å²) in [4.78, 5) is 0.896. The molecule has 1 aromatic rings. The van der Waals surface area contributed by atoms with Crippen molar-refractivity contribution in [2.45, 2.75) is 47.5 Å². The van der Waals surface area contributed by atoms with Gasteiger partial charge in [0.05, 0.1) is 4.90 Å². The molecule has 98 valence electrons. The van der Waals surface area contributed by atoms with Gasteiger partial charge >= 0.3 is 0 Å². The van der Waals surface area contributed by atoms with Crippen molar-refractivity contribution in [3.8, 4) is 0 Å². The summed E-state index contributed by atoms with van der Waals surface area (Å²) < 4.78 is 27.1. The van der Waals surface area contributed by atoms with Crippen LogP contribution in [0.2, 0.25) is 0 Å². The van der Waals surface area contributed by atoms with Crippen molar-refractivity contribution in [3.05, 3.63) is 30.3 Å². The minimum atomic E-state index is -3.31. The van der Waals surface area contributed by atoms with Crippen molar-refractivity contribution in [1.29, 1.82) is 0 Å². The molecule has 2 fully saturated rings. The van der Waals surface area contributed by atoms with Crippen LogP contribution in [0.5, 0.6) is 0 Å². The van der Waals surface area contributed by atoms with Crippen LogP contribution in [0.4, 0.5) is 0 Å². The topological polar surface area (TPSA) is 37.4 Å². The highest BCUT2D eigenvalue weighted by molar-refractivity contribution is 9.09. The first-order valence-corrected chi connectivity index (χ1v) is 8.67. The van der Waals surface area contributed by atoms with Crippen LogP contribution in [0, 0.1) is 0 Å². The minimum Gasteiger partial charge on any atom is -0.207 e. The number of fused-ring (bicyclic) bond motifs is 2. The van der Waals surface area contributed by atoms with Crippen LogP contribution in [0.3, 0.4) is 0 Å². The molecule has 2 unspecified atom stereocenters. The largest absolute Gasteiger partial charge is 0.243 e. The average molecular weight is 330 g/mol. The fourth-order valence-electron chi connectivity index (χ4n) is 3.17. The highest BCUT2D eigenvalue weighted by Gasteiger charge is 2.46. The maximum absolute atomic E-state index is 12.7. The third kappa shape index (κ3) is 2.02. The summed E-state index contributed by atoms with van der Waals surface area (Å²) in [6, 6.07) is 9.15. The summed E-state index contributed by atoms with van der Waals surface area (Å²) in [6.45, 7) is 0. The number of halogens is 1. The SMILES string of the molecule is O=S(=O)(c1ccccc1)N1C2CCC1CC(Br)C2. The predicted molar refractivity (Wildman–Crippen MR) is 74.2 cm³/mol. The Morgan fingerprint density at radius 2 is 1.61 bits per heavy atom. The monoisotopic (exact) mass is 329 g/mol. The van der Waals surface area contributed by atoms with Crippen molar-refractivity contribution in [3.63, 3.8) is 0 Å². The van der Waals surface area contributed by atoms with E-state index >= 15 is 0 Å². The van der Waals surface area contributed by atoms with Gasteiger partial charge in [0.25, 0.3) is 0 Å². The van der Waals surface area contributed by atoms with Crippen LogP contribution in [-0.2, 0) is 10.0 Å². The quantitative estimate of drug-likeness (QED) is 0.782. The standard InChI is InChI=1S/C13H16BrNO2S/c14-10-8-11-6-7-12(9-10)15(11)18(16,17)13-4-2-1-3-5-13/h1-5,10-12H,6-9H2. The first-order valence-electron chi connectivity index (χ1n) is 6.31. The van der Waals surface area contributed by atoms with Gasteiger partial charge in [0.1, 0.15) is 0 Å². The molecule has 3 nitrogen and oxygen atoms in total. The Labute approximate surface area is 116 Å². The van der Waals surface area contributed by atoms with E-state index < -0.39 is 10.0 Å². The number of hydrogen-bond acceptors (Lipinski definition) is 2. The highest BCUT2D eigenvalue weighted by Crippen LogP contribution is 2.41.